The first-order valence-corrected chi connectivity index (χ1v) is 9.10. The van der Waals surface area contributed by atoms with Crippen LogP contribution in [-0.2, 0) is 4.74 Å². The molecule has 0 saturated carbocycles. The minimum Gasteiger partial charge on any atom is -0.456 e. The van der Waals surface area contributed by atoms with Gasteiger partial charge in [0.25, 0.3) is 0 Å². The summed E-state index contributed by atoms with van der Waals surface area (Å²) in [4.78, 5) is 18.3. The molecule has 2 aromatic rings. The highest BCUT2D eigenvalue weighted by Crippen LogP contribution is 2.22. The van der Waals surface area contributed by atoms with Crippen LogP contribution in [0.2, 0.25) is 0 Å². The molecule has 1 aliphatic rings. The number of nitrogens with zero attached hydrogens (tertiary/aromatic N) is 2. The maximum absolute atomic E-state index is 12.5. The van der Waals surface area contributed by atoms with Crippen molar-refractivity contribution in [1.29, 1.82) is 0 Å². The molecule has 1 atom stereocenters. The van der Waals surface area contributed by atoms with Crippen LogP contribution in [-0.4, -0.2) is 41.7 Å². The summed E-state index contributed by atoms with van der Waals surface area (Å²) in [6.07, 6.45) is 6.48. The average molecular weight is 355 g/mol. The molecule has 0 aliphatic carbocycles. The summed E-state index contributed by atoms with van der Waals surface area (Å²) >= 11 is 0. The Hall–Kier alpha value is -2.60. The Morgan fingerprint density at radius 3 is 2.85 bits per heavy atom. The van der Waals surface area contributed by atoms with Crippen molar-refractivity contribution in [1.82, 2.24) is 9.88 Å². The molecule has 0 bridgehead atoms. The summed E-state index contributed by atoms with van der Waals surface area (Å²) in [7, 11) is 0. The first-order chi connectivity index (χ1) is 12.7. The van der Waals surface area contributed by atoms with Crippen LogP contribution in [0.4, 0.5) is 10.5 Å². The number of likely N-dealkylation sites (tertiary alicyclic amines) is 1. The van der Waals surface area contributed by atoms with Crippen LogP contribution in [0.1, 0.15) is 26.2 Å². The topological polar surface area (TPSA) is 63.7 Å². The average Bonchev–Trinajstić information content (AvgIpc) is 2.69. The van der Waals surface area contributed by atoms with Gasteiger partial charge < -0.3 is 19.7 Å². The highest BCUT2D eigenvalue weighted by Gasteiger charge is 2.24. The van der Waals surface area contributed by atoms with Crippen LogP contribution in [0.5, 0.6) is 11.5 Å². The maximum atomic E-state index is 12.5. The lowest BCUT2D eigenvalue weighted by Crippen LogP contribution is -2.45. The van der Waals surface area contributed by atoms with Crippen molar-refractivity contribution in [2.24, 2.45) is 0 Å². The lowest BCUT2D eigenvalue weighted by atomic mass is 10.1. The Labute approximate surface area is 154 Å². The number of hydrogen-bond acceptors (Lipinski definition) is 4. The van der Waals surface area contributed by atoms with Gasteiger partial charge >= 0.3 is 6.03 Å². The van der Waals surface area contributed by atoms with E-state index in [1.54, 1.807) is 12.4 Å². The fourth-order valence-electron chi connectivity index (χ4n) is 2.90. The number of rotatable bonds is 6. The molecule has 0 radical (unpaired) electrons. The van der Waals surface area contributed by atoms with E-state index in [-0.39, 0.29) is 12.1 Å². The quantitative estimate of drug-likeness (QED) is 0.839. The van der Waals surface area contributed by atoms with E-state index in [0.717, 1.165) is 38.1 Å². The summed E-state index contributed by atoms with van der Waals surface area (Å²) < 4.78 is 11.5. The van der Waals surface area contributed by atoms with E-state index in [1.807, 2.05) is 41.3 Å². The van der Waals surface area contributed by atoms with Crippen LogP contribution in [0.25, 0.3) is 0 Å². The number of anilines is 1. The van der Waals surface area contributed by atoms with E-state index < -0.39 is 0 Å². The van der Waals surface area contributed by atoms with Gasteiger partial charge in [-0.25, -0.2) is 4.79 Å². The number of nitrogens with one attached hydrogen (secondary N) is 1. The van der Waals surface area contributed by atoms with E-state index in [1.165, 1.54) is 0 Å². The molecule has 3 rings (SSSR count). The van der Waals surface area contributed by atoms with Crippen molar-refractivity contribution in [3.8, 4) is 11.5 Å². The van der Waals surface area contributed by atoms with Crippen LogP contribution >= 0.6 is 0 Å². The van der Waals surface area contributed by atoms with Crippen molar-refractivity contribution < 1.29 is 14.3 Å². The third kappa shape index (κ3) is 5.20. The maximum Gasteiger partial charge on any atom is 0.321 e. The smallest absolute Gasteiger partial charge is 0.321 e. The minimum atomic E-state index is -0.0873. The predicted octanol–water partition coefficient (Wildman–Crippen LogP) is 4.30. The van der Waals surface area contributed by atoms with Crippen LogP contribution in [0.3, 0.4) is 0 Å². The summed E-state index contributed by atoms with van der Waals surface area (Å²) in [5.74, 6) is 1.37. The number of urea groups is 1. The molecule has 1 aromatic heterocycles. The zero-order chi connectivity index (χ0) is 18.2. The van der Waals surface area contributed by atoms with E-state index in [0.29, 0.717) is 18.0 Å². The van der Waals surface area contributed by atoms with Gasteiger partial charge in [0.2, 0.25) is 0 Å². The Kier molecular flexibility index (Phi) is 6.44. The van der Waals surface area contributed by atoms with Gasteiger partial charge in [0.05, 0.1) is 12.3 Å². The number of ether oxygens (including phenoxy) is 2. The van der Waals surface area contributed by atoms with Gasteiger partial charge in [0.15, 0.2) is 0 Å². The number of carbonyl (C=O) groups excluding carboxylic acids is 1. The van der Waals surface area contributed by atoms with Crippen molar-refractivity contribution in [3.05, 3.63) is 48.8 Å². The van der Waals surface area contributed by atoms with Crippen molar-refractivity contribution >= 4 is 11.7 Å². The molecule has 1 saturated heterocycles. The first-order valence-electron chi connectivity index (χ1n) is 9.10. The largest absolute Gasteiger partial charge is 0.456 e. The lowest BCUT2D eigenvalue weighted by molar-refractivity contribution is 0.0115. The Morgan fingerprint density at radius 2 is 2.12 bits per heavy atom. The van der Waals surface area contributed by atoms with E-state index in [9.17, 15) is 4.79 Å². The van der Waals surface area contributed by atoms with Gasteiger partial charge in [-0.15, -0.1) is 0 Å². The number of benzene rings is 1. The molecule has 1 N–H and O–H groups in total. The van der Waals surface area contributed by atoms with Gasteiger partial charge in [-0.05, 0) is 55.7 Å². The number of amides is 2. The third-order valence-electron chi connectivity index (χ3n) is 4.20. The highest BCUT2D eigenvalue weighted by atomic mass is 16.5. The zero-order valence-corrected chi connectivity index (χ0v) is 15.1. The van der Waals surface area contributed by atoms with Crippen molar-refractivity contribution in [3.63, 3.8) is 0 Å². The number of hydrogen-bond donors (Lipinski definition) is 1. The molecule has 138 valence electrons. The number of aromatic nitrogens is 1. The zero-order valence-electron chi connectivity index (χ0n) is 15.1. The van der Waals surface area contributed by atoms with E-state index >= 15 is 0 Å². The second-order valence-corrected chi connectivity index (χ2v) is 6.33. The second kappa shape index (κ2) is 9.20. The number of pyridine rings is 1. The molecule has 2 amide bonds. The summed E-state index contributed by atoms with van der Waals surface area (Å²) in [6, 6.07) is 10.9. The Balaban J connectivity index is 1.52. The van der Waals surface area contributed by atoms with Crippen LogP contribution < -0.4 is 10.1 Å². The molecular formula is C20H25N3O3. The molecule has 1 aromatic carbocycles. The SMILES string of the molecule is CCCOC1CCCN(C(=O)Nc2ccc(Oc3cccnc3)cc2)C1. The fourth-order valence-corrected chi connectivity index (χ4v) is 2.90. The van der Waals surface area contributed by atoms with E-state index in [2.05, 4.69) is 17.2 Å². The van der Waals surface area contributed by atoms with Gasteiger partial charge in [0, 0.05) is 31.6 Å². The Bertz CT molecular complexity index is 691. The number of carbonyl (C=O) groups is 1. The van der Waals surface area contributed by atoms with Crippen molar-refractivity contribution in [2.45, 2.75) is 32.3 Å². The predicted molar refractivity (Wildman–Crippen MR) is 101 cm³/mol. The molecule has 1 aliphatic heterocycles. The molecule has 6 nitrogen and oxygen atoms in total. The highest BCUT2D eigenvalue weighted by molar-refractivity contribution is 5.89. The van der Waals surface area contributed by atoms with E-state index in [4.69, 9.17) is 9.47 Å². The van der Waals surface area contributed by atoms with Crippen LogP contribution in [0.15, 0.2) is 48.8 Å². The lowest BCUT2D eigenvalue weighted by Gasteiger charge is -2.32. The standard InChI is InChI=1S/C20H25N3O3/c1-2-13-25-19-6-4-12-23(15-19)20(24)22-16-7-9-17(10-8-16)26-18-5-3-11-21-14-18/h3,5,7-11,14,19H,2,4,6,12-13,15H2,1H3,(H,22,24). The molecule has 26 heavy (non-hydrogen) atoms. The normalized spacial score (nSPS) is 17.0. The fraction of sp³-hybridized carbons (Fsp3) is 0.400. The third-order valence-corrected chi connectivity index (χ3v) is 4.20. The second-order valence-electron chi connectivity index (χ2n) is 6.33. The molecular weight excluding hydrogens is 330 g/mol. The first kappa shape index (κ1) is 18.2. The van der Waals surface area contributed by atoms with Crippen molar-refractivity contribution in [2.75, 3.05) is 25.0 Å². The summed E-state index contributed by atoms with van der Waals surface area (Å²) in [5.41, 5.74) is 0.741. The monoisotopic (exact) mass is 355 g/mol. The molecule has 2 heterocycles. The molecule has 0 spiro atoms. The molecule has 6 heteroatoms. The molecule has 1 unspecified atom stereocenters. The summed E-state index contributed by atoms with van der Waals surface area (Å²) in [5, 5.41) is 2.94. The van der Waals surface area contributed by atoms with Crippen LogP contribution in [0, 0.1) is 0 Å². The van der Waals surface area contributed by atoms with Gasteiger partial charge in [-0.2, -0.15) is 0 Å². The van der Waals surface area contributed by atoms with Gasteiger partial charge in [0.1, 0.15) is 11.5 Å². The summed E-state index contributed by atoms with van der Waals surface area (Å²) in [6.45, 7) is 4.25. The Morgan fingerprint density at radius 1 is 1.27 bits per heavy atom. The number of piperidine rings is 1. The van der Waals surface area contributed by atoms with Gasteiger partial charge in [-0.1, -0.05) is 6.92 Å². The minimum absolute atomic E-state index is 0.0873. The van der Waals surface area contributed by atoms with Gasteiger partial charge in [-0.3, -0.25) is 4.98 Å². The molecule has 1 fully saturated rings.